The van der Waals surface area contributed by atoms with Gasteiger partial charge in [-0.1, -0.05) is 80.9 Å². The number of nitrogens with zero attached hydrogens (tertiary/aromatic N) is 2. The molecule has 2 fully saturated rings. The summed E-state index contributed by atoms with van der Waals surface area (Å²) in [6.07, 6.45) is 4.59. The quantitative estimate of drug-likeness (QED) is 0.620. The van der Waals surface area contributed by atoms with Crippen molar-refractivity contribution in [2.45, 2.75) is 70.4 Å². The van der Waals surface area contributed by atoms with E-state index in [1.54, 1.807) is 0 Å². The fourth-order valence-electron chi connectivity index (χ4n) is 5.75. The number of carbonyl (C=O) groups is 1. The Hall–Kier alpha value is -2.46. The third-order valence-electron chi connectivity index (χ3n) is 7.50. The van der Waals surface area contributed by atoms with E-state index in [1.165, 1.54) is 5.56 Å². The normalized spacial score (nSPS) is 32.0. The van der Waals surface area contributed by atoms with Crippen molar-refractivity contribution in [3.05, 3.63) is 71.8 Å². The summed E-state index contributed by atoms with van der Waals surface area (Å²) in [5.41, 5.74) is 2.86. The van der Waals surface area contributed by atoms with E-state index in [4.69, 9.17) is 9.73 Å². The average molecular weight is 417 g/mol. The van der Waals surface area contributed by atoms with Crippen LogP contribution in [-0.4, -0.2) is 28.5 Å². The van der Waals surface area contributed by atoms with Crippen molar-refractivity contribution in [2.75, 3.05) is 0 Å². The number of hydrogen-bond donors (Lipinski definition) is 0. The van der Waals surface area contributed by atoms with E-state index in [1.807, 2.05) is 23.1 Å². The van der Waals surface area contributed by atoms with E-state index in [-0.39, 0.29) is 24.0 Å². The molecule has 2 aliphatic heterocycles. The Morgan fingerprint density at radius 3 is 2.48 bits per heavy atom. The van der Waals surface area contributed by atoms with Gasteiger partial charge in [-0.25, -0.2) is 0 Å². The van der Waals surface area contributed by atoms with Crippen LogP contribution in [0, 0.1) is 11.8 Å². The maximum Gasteiger partial charge on any atom is 0.229 e. The second kappa shape index (κ2) is 8.23. The topological polar surface area (TPSA) is 41.9 Å². The summed E-state index contributed by atoms with van der Waals surface area (Å²) < 4.78 is 6.72. The number of likely N-dealkylation sites (tertiary alicyclic amines) is 1. The third kappa shape index (κ3) is 3.51. The van der Waals surface area contributed by atoms with Crippen molar-refractivity contribution in [1.29, 1.82) is 0 Å². The molecule has 2 heterocycles. The Morgan fingerprint density at radius 1 is 1.06 bits per heavy atom. The minimum Gasteiger partial charge on any atom is -0.325 e. The van der Waals surface area contributed by atoms with Gasteiger partial charge in [0.1, 0.15) is 0 Å². The number of fused-ring (bicyclic) bond motifs is 1. The Labute approximate surface area is 185 Å². The van der Waals surface area contributed by atoms with Gasteiger partial charge in [0.2, 0.25) is 5.91 Å². The number of aliphatic imine (C=N–C) groups is 1. The van der Waals surface area contributed by atoms with Crippen molar-refractivity contribution >= 4 is 11.6 Å². The highest BCUT2D eigenvalue weighted by molar-refractivity contribution is 6.01. The van der Waals surface area contributed by atoms with Crippen LogP contribution in [0.15, 0.2) is 65.7 Å². The van der Waals surface area contributed by atoms with Crippen molar-refractivity contribution < 1.29 is 9.53 Å². The number of ether oxygens (including phenoxy) is 1. The molecule has 1 saturated heterocycles. The third-order valence-corrected chi connectivity index (χ3v) is 7.50. The van der Waals surface area contributed by atoms with Crippen molar-refractivity contribution in [2.24, 2.45) is 16.8 Å². The number of carbonyl (C=O) groups excluding carboxylic acids is 1. The molecule has 0 aromatic heterocycles. The molecule has 2 bridgehead atoms. The van der Waals surface area contributed by atoms with Crippen LogP contribution in [0.25, 0.3) is 0 Å². The van der Waals surface area contributed by atoms with Gasteiger partial charge in [-0.05, 0) is 42.2 Å². The van der Waals surface area contributed by atoms with Gasteiger partial charge in [0.25, 0.3) is 0 Å². The molecule has 1 amide bonds. The van der Waals surface area contributed by atoms with E-state index < -0.39 is 5.72 Å². The summed E-state index contributed by atoms with van der Waals surface area (Å²) in [6, 6.07) is 20.9. The lowest BCUT2D eigenvalue weighted by atomic mass is 9.78. The van der Waals surface area contributed by atoms with Crippen molar-refractivity contribution in [1.82, 2.24) is 4.90 Å². The SMILES string of the molecule is CCCC[C@@H]1N=C2C[C@H](c3ccccc3)[C@@H](C)C3C[C@@]2(O1)N(Cc1ccccc1)C3=O. The highest BCUT2D eigenvalue weighted by Crippen LogP contribution is 2.53. The summed E-state index contributed by atoms with van der Waals surface area (Å²) in [5.74, 6) is 0.731. The first-order valence-corrected chi connectivity index (χ1v) is 11.8. The van der Waals surface area contributed by atoms with E-state index in [2.05, 4.69) is 56.3 Å². The number of hydrogen-bond acceptors (Lipinski definition) is 3. The van der Waals surface area contributed by atoms with Crippen molar-refractivity contribution in [3.8, 4) is 0 Å². The zero-order valence-electron chi connectivity index (χ0n) is 18.5. The molecule has 3 aliphatic rings. The minimum atomic E-state index is -0.673. The Morgan fingerprint density at radius 2 is 1.77 bits per heavy atom. The zero-order valence-corrected chi connectivity index (χ0v) is 18.5. The number of benzene rings is 2. The van der Waals surface area contributed by atoms with Gasteiger partial charge in [-0.2, -0.15) is 0 Å². The fourth-order valence-corrected chi connectivity index (χ4v) is 5.75. The van der Waals surface area contributed by atoms with E-state index in [0.29, 0.717) is 12.5 Å². The molecule has 2 aromatic carbocycles. The first-order valence-electron chi connectivity index (χ1n) is 11.8. The summed E-state index contributed by atoms with van der Waals surface area (Å²) in [5, 5.41) is 0. The number of unbranched alkanes of at least 4 members (excludes halogenated alkanes) is 1. The van der Waals surface area contributed by atoms with Gasteiger partial charge in [0.05, 0.1) is 5.71 Å². The molecule has 0 radical (unpaired) electrons. The first kappa shape index (κ1) is 20.4. The van der Waals surface area contributed by atoms with Crippen LogP contribution in [0.2, 0.25) is 0 Å². The fraction of sp³-hybridized carbons (Fsp3) is 0.481. The average Bonchev–Trinajstić information content (AvgIpc) is 3.25. The lowest BCUT2D eigenvalue weighted by molar-refractivity contribution is -0.150. The standard InChI is InChI=1S/C27H32N2O2/c1-3-4-15-25-28-24-16-22(21-13-9-6-10-14-21)19(2)23-17-27(24,31-25)29(26(23)30)18-20-11-7-5-8-12-20/h5-14,19,22-23,25H,3-4,15-18H2,1-2H3/t19-,22+,23?,25-,27+/m1/s1. The predicted octanol–water partition coefficient (Wildman–Crippen LogP) is 5.54. The highest BCUT2D eigenvalue weighted by atomic mass is 16.6. The van der Waals surface area contributed by atoms with E-state index in [9.17, 15) is 4.79 Å². The summed E-state index contributed by atoms with van der Waals surface area (Å²) >= 11 is 0. The van der Waals surface area contributed by atoms with Crippen molar-refractivity contribution in [3.63, 3.8) is 0 Å². The van der Waals surface area contributed by atoms with E-state index >= 15 is 0 Å². The van der Waals surface area contributed by atoms with Gasteiger partial charge in [-0.15, -0.1) is 0 Å². The predicted molar refractivity (Wildman–Crippen MR) is 123 cm³/mol. The van der Waals surface area contributed by atoms with Gasteiger partial charge >= 0.3 is 0 Å². The van der Waals surface area contributed by atoms with Crippen LogP contribution >= 0.6 is 0 Å². The molecule has 5 rings (SSSR count). The lowest BCUT2D eigenvalue weighted by Crippen LogP contribution is -2.52. The zero-order chi connectivity index (χ0) is 21.4. The molecule has 4 heteroatoms. The number of rotatable bonds is 6. The molecule has 4 nitrogen and oxygen atoms in total. The second-order valence-corrected chi connectivity index (χ2v) is 9.38. The van der Waals surface area contributed by atoms with Gasteiger partial charge in [-0.3, -0.25) is 9.79 Å². The highest BCUT2D eigenvalue weighted by Gasteiger charge is 2.62. The first-order chi connectivity index (χ1) is 15.1. The maximum absolute atomic E-state index is 13.8. The van der Waals surface area contributed by atoms with Crippen LogP contribution in [0.3, 0.4) is 0 Å². The molecule has 2 aromatic rings. The van der Waals surface area contributed by atoms with Gasteiger partial charge in [0, 0.05) is 18.9 Å². The maximum atomic E-state index is 13.8. The molecule has 1 spiro atoms. The van der Waals surface area contributed by atoms with Gasteiger partial charge < -0.3 is 9.64 Å². The Bertz CT molecular complexity index is 958. The summed E-state index contributed by atoms with van der Waals surface area (Å²) in [6.45, 7) is 5.02. The molecule has 5 atom stereocenters. The monoisotopic (exact) mass is 416 g/mol. The largest absolute Gasteiger partial charge is 0.325 e. The molecule has 0 N–H and O–H groups in total. The molecular formula is C27H32N2O2. The van der Waals surface area contributed by atoms with Gasteiger partial charge in [0.15, 0.2) is 12.0 Å². The molecular weight excluding hydrogens is 384 g/mol. The van der Waals surface area contributed by atoms with Crippen LogP contribution in [0.5, 0.6) is 0 Å². The smallest absolute Gasteiger partial charge is 0.229 e. The van der Waals surface area contributed by atoms with Crippen LogP contribution in [0.4, 0.5) is 0 Å². The molecule has 1 unspecified atom stereocenters. The summed E-state index contributed by atoms with van der Waals surface area (Å²) in [4.78, 5) is 20.9. The van der Waals surface area contributed by atoms with E-state index in [0.717, 1.165) is 43.4 Å². The molecule has 162 valence electrons. The molecule has 1 aliphatic carbocycles. The Balaban J connectivity index is 1.54. The molecule has 31 heavy (non-hydrogen) atoms. The number of amides is 1. The molecule has 1 saturated carbocycles. The van der Waals surface area contributed by atoms with Crippen LogP contribution in [-0.2, 0) is 16.1 Å². The van der Waals surface area contributed by atoms with Crippen LogP contribution in [0.1, 0.15) is 63.0 Å². The summed E-state index contributed by atoms with van der Waals surface area (Å²) in [7, 11) is 0. The lowest BCUT2D eigenvalue weighted by Gasteiger charge is -2.37. The second-order valence-electron chi connectivity index (χ2n) is 9.38. The minimum absolute atomic E-state index is 0.0356. The Kier molecular flexibility index (Phi) is 5.43. The van der Waals surface area contributed by atoms with Crippen LogP contribution < -0.4 is 0 Å².